The number of benzene rings is 1. The Labute approximate surface area is 87.6 Å². The highest BCUT2D eigenvalue weighted by molar-refractivity contribution is 5.70. The summed E-state index contributed by atoms with van der Waals surface area (Å²) in [7, 11) is 0. The van der Waals surface area contributed by atoms with E-state index in [4.69, 9.17) is 0 Å². The Kier molecular flexibility index (Phi) is 2.34. The predicted octanol–water partition coefficient (Wildman–Crippen LogP) is 1.60. The molecule has 0 amide bonds. The molecule has 78 valence electrons. The second-order valence-corrected chi connectivity index (χ2v) is 3.66. The number of allylic oxidation sites excluding steroid dienone is 1. The molecule has 0 bridgehead atoms. The minimum absolute atomic E-state index is 0.0844. The monoisotopic (exact) mass is 204 g/mol. The normalized spacial score (nSPS) is 19.3. The van der Waals surface area contributed by atoms with Crippen LogP contribution in [0, 0.1) is 0 Å². The van der Waals surface area contributed by atoms with Gasteiger partial charge in [0.25, 0.3) is 0 Å². The second kappa shape index (κ2) is 3.53. The van der Waals surface area contributed by atoms with E-state index >= 15 is 0 Å². The van der Waals surface area contributed by atoms with Crippen molar-refractivity contribution in [2.75, 3.05) is 0 Å². The van der Waals surface area contributed by atoms with Gasteiger partial charge >= 0.3 is 0 Å². The van der Waals surface area contributed by atoms with Crippen LogP contribution in [0.25, 0.3) is 5.57 Å². The van der Waals surface area contributed by atoms with E-state index < -0.39 is 5.79 Å². The van der Waals surface area contributed by atoms with Gasteiger partial charge in [0.1, 0.15) is 5.76 Å². The number of hydrogen-bond acceptors (Lipinski definition) is 3. The lowest BCUT2D eigenvalue weighted by atomic mass is 9.93. The lowest BCUT2D eigenvalue weighted by Gasteiger charge is -2.23. The van der Waals surface area contributed by atoms with E-state index in [9.17, 15) is 15.3 Å². The van der Waals surface area contributed by atoms with Crippen molar-refractivity contribution in [3.05, 3.63) is 53.8 Å². The number of aliphatic hydroxyl groups is 3. The molecule has 3 N–H and O–H groups in total. The quantitative estimate of drug-likeness (QED) is 0.609. The molecule has 0 fully saturated rings. The first-order valence-corrected chi connectivity index (χ1v) is 4.69. The third-order valence-corrected chi connectivity index (χ3v) is 2.30. The number of hydrogen-bond donors (Lipinski definition) is 3. The van der Waals surface area contributed by atoms with E-state index in [2.05, 4.69) is 0 Å². The van der Waals surface area contributed by atoms with E-state index in [0.29, 0.717) is 5.57 Å². The SMILES string of the molecule is OC1=CC(O)(O)CC(c2ccccc2)=C1. The van der Waals surface area contributed by atoms with Gasteiger partial charge in [-0.15, -0.1) is 0 Å². The van der Waals surface area contributed by atoms with Crippen molar-refractivity contribution in [3.8, 4) is 0 Å². The first-order chi connectivity index (χ1) is 7.07. The van der Waals surface area contributed by atoms with Crippen LogP contribution in [0.2, 0.25) is 0 Å². The number of aliphatic hydroxyl groups excluding tert-OH is 1. The molecule has 1 aliphatic rings. The van der Waals surface area contributed by atoms with E-state index in [-0.39, 0.29) is 12.2 Å². The minimum Gasteiger partial charge on any atom is -0.508 e. The van der Waals surface area contributed by atoms with Gasteiger partial charge in [-0.25, -0.2) is 0 Å². The fraction of sp³-hybridized carbons (Fsp3) is 0.167. The lowest BCUT2D eigenvalue weighted by molar-refractivity contribution is -0.115. The standard InChI is InChI=1S/C12H12O3/c13-11-6-10(7-12(14,15)8-11)9-4-2-1-3-5-9/h1-6,8,13-15H,7H2. The molecule has 0 atom stereocenters. The smallest absolute Gasteiger partial charge is 0.190 e. The molecular weight excluding hydrogens is 192 g/mol. The van der Waals surface area contributed by atoms with Crippen molar-refractivity contribution in [1.82, 2.24) is 0 Å². The molecule has 1 aromatic carbocycles. The third-order valence-electron chi connectivity index (χ3n) is 2.30. The zero-order valence-electron chi connectivity index (χ0n) is 8.09. The molecule has 0 radical (unpaired) electrons. The maximum Gasteiger partial charge on any atom is 0.190 e. The molecule has 0 saturated carbocycles. The molecule has 3 heteroatoms. The van der Waals surface area contributed by atoms with Crippen LogP contribution in [-0.2, 0) is 0 Å². The largest absolute Gasteiger partial charge is 0.508 e. The van der Waals surface area contributed by atoms with Crippen LogP contribution in [-0.4, -0.2) is 21.1 Å². The molecule has 0 aliphatic heterocycles. The van der Waals surface area contributed by atoms with Gasteiger partial charge in [0.15, 0.2) is 5.79 Å². The van der Waals surface area contributed by atoms with Gasteiger partial charge in [0.05, 0.1) is 0 Å². The molecular formula is C12H12O3. The predicted molar refractivity (Wildman–Crippen MR) is 56.9 cm³/mol. The summed E-state index contributed by atoms with van der Waals surface area (Å²) >= 11 is 0. The van der Waals surface area contributed by atoms with Crippen molar-refractivity contribution in [2.24, 2.45) is 0 Å². The Hall–Kier alpha value is -1.58. The Morgan fingerprint density at radius 2 is 1.73 bits per heavy atom. The molecule has 3 nitrogen and oxygen atoms in total. The van der Waals surface area contributed by atoms with Crippen molar-refractivity contribution in [3.63, 3.8) is 0 Å². The summed E-state index contributed by atoms with van der Waals surface area (Å²) in [4.78, 5) is 0. The van der Waals surface area contributed by atoms with Gasteiger partial charge < -0.3 is 15.3 Å². The molecule has 0 saturated heterocycles. The molecule has 1 aromatic rings. The molecule has 2 rings (SSSR count). The summed E-state index contributed by atoms with van der Waals surface area (Å²) in [5.74, 6) is -2.07. The summed E-state index contributed by atoms with van der Waals surface area (Å²) < 4.78 is 0. The van der Waals surface area contributed by atoms with E-state index in [0.717, 1.165) is 11.6 Å². The van der Waals surface area contributed by atoms with E-state index in [1.807, 2.05) is 30.3 Å². The fourth-order valence-electron chi connectivity index (χ4n) is 1.68. The summed E-state index contributed by atoms with van der Waals surface area (Å²) in [5.41, 5.74) is 1.59. The highest BCUT2D eigenvalue weighted by atomic mass is 16.5. The summed E-state index contributed by atoms with van der Waals surface area (Å²) in [6.45, 7) is 0. The summed E-state index contributed by atoms with van der Waals surface area (Å²) in [5, 5.41) is 28.3. The highest BCUT2D eigenvalue weighted by Crippen LogP contribution is 2.30. The fourth-order valence-corrected chi connectivity index (χ4v) is 1.68. The van der Waals surface area contributed by atoms with Crippen molar-refractivity contribution in [2.45, 2.75) is 12.2 Å². The van der Waals surface area contributed by atoms with Crippen LogP contribution >= 0.6 is 0 Å². The second-order valence-electron chi connectivity index (χ2n) is 3.66. The topological polar surface area (TPSA) is 60.7 Å². The van der Waals surface area contributed by atoms with Crippen LogP contribution in [0.15, 0.2) is 48.2 Å². The van der Waals surface area contributed by atoms with Crippen molar-refractivity contribution in [1.29, 1.82) is 0 Å². The third kappa shape index (κ3) is 2.26. The Morgan fingerprint density at radius 3 is 2.33 bits per heavy atom. The summed E-state index contributed by atoms with van der Waals surface area (Å²) in [6, 6.07) is 9.33. The molecule has 1 aliphatic carbocycles. The van der Waals surface area contributed by atoms with Gasteiger partial charge in [-0.05, 0) is 17.2 Å². The number of rotatable bonds is 1. The zero-order valence-corrected chi connectivity index (χ0v) is 8.09. The molecule has 0 spiro atoms. The van der Waals surface area contributed by atoms with Gasteiger partial charge in [-0.2, -0.15) is 0 Å². The van der Waals surface area contributed by atoms with Gasteiger partial charge in [-0.1, -0.05) is 30.3 Å². The molecule has 0 aromatic heterocycles. The van der Waals surface area contributed by atoms with Gasteiger partial charge in [0.2, 0.25) is 0 Å². The molecule has 15 heavy (non-hydrogen) atoms. The minimum atomic E-state index is -1.95. The van der Waals surface area contributed by atoms with Crippen LogP contribution < -0.4 is 0 Å². The Morgan fingerprint density at radius 1 is 1.07 bits per heavy atom. The average molecular weight is 204 g/mol. The van der Waals surface area contributed by atoms with Gasteiger partial charge in [0, 0.05) is 12.5 Å². The van der Waals surface area contributed by atoms with E-state index in [1.165, 1.54) is 0 Å². The summed E-state index contributed by atoms with van der Waals surface area (Å²) in [6.07, 6.45) is 2.65. The average Bonchev–Trinajstić information content (AvgIpc) is 2.16. The maximum atomic E-state index is 9.45. The van der Waals surface area contributed by atoms with Gasteiger partial charge in [-0.3, -0.25) is 0 Å². The molecule has 0 heterocycles. The highest BCUT2D eigenvalue weighted by Gasteiger charge is 2.26. The van der Waals surface area contributed by atoms with Crippen molar-refractivity contribution < 1.29 is 15.3 Å². The lowest BCUT2D eigenvalue weighted by Crippen LogP contribution is -2.28. The van der Waals surface area contributed by atoms with Crippen LogP contribution in [0.4, 0.5) is 0 Å². The van der Waals surface area contributed by atoms with E-state index in [1.54, 1.807) is 6.08 Å². The Bertz CT molecular complexity index is 416. The zero-order chi connectivity index (χ0) is 10.9. The van der Waals surface area contributed by atoms with Crippen LogP contribution in [0.1, 0.15) is 12.0 Å². The Balaban J connectivity index is 2.37. The maximum absolute atomic E-state index is 9.45. The van der Waals surface area contributed by atoms with Crippen molar-refractivity contribution >= 4 is 5.57 Å². The first kappa shape index (κ1) is 9.96. The molecule has 0 unspecified atom stereocenters. The van der Waals surface area contributed by atoms with Crippen LogP contribution in [0.5, 0.6) is 0 Å². The van der Waals surface area contributed by atoms with Crippen LogP contribution in [0.3, 0.4) is 0 Å². The first-order valence-electron chi connectivity index (χ1n) is 4.69.